The number of benzene rings is 3. The molecule has 0 N–H and O–H groups in total. The van der Waals surface area contributed by atoms with Crippen LogP contribution in [0.1, 0.15) is 42.9 Å². The van der Waals surface area contributed by atoms with Crippen LogP contribution in [0.25, 0.3) is 22.0 Å². The van der Waals surface area contributed by atoms with Gasteiger partial charge in [-0.25, -0.2) is 13.2 Å². The van der Waals surface area contributed by atoms with Gasteiger partial charge in [0, 0.05) is 10.9 Å². The van der Waals surface area contributed by atoms with Crippen molar-refractivity contribution in [3.05, 3.63) is 94.9 Å². The van der Waals surface area contributed by atoms with Gasteiger partial charge in [0.2, 0.25) is 0 Å². The van der Waals surface area contributed by atoms with Crippen LogP contribution in [0, 0.1) is 17.5 Å². The topological polar surface area (TPSA) is 22.1 Å². The predicted octanol–water partition coefficient (Wildman–Crippen LogP) is 8.69. The molecule has 0 aliphatic rings. The van der Waals surface area contributed by atoms with Crippen LogP contribution >= 0.6 is 0 Å². The molecule has 4 aromatic rings. The maximum absolute atomic E-state index is 15.2. The van der Waals surface area contributed by atoms with Crippen molar-refractivity contribution >= 4 is 10.8 Å². The molecule has 194 valence electrons. The Morgan fingerprint density at radius 2 is 1.59 bits per heavy atom. The first-order valence-corrected chi connectivity index (χ1v) is 12.0. The fraction of sp³-hybridized carbons (Fsp3) is 0.276. The first-order valence-electron chi connectivity index (χ1n) is 12.0. The number of aryl methyl sites for hydroxylation is 2. The summed E-state index contributed by atoms with van der Waals surface area (Å²) in [5.41, 5.74) is -0.107. The third kappa shape index (κ3) is 6.24. The monoisotopic (exact) mass is 517 g/mol. The minimum atomic E-state index is -5.13. The van der Waals surface area contributed by atoms with Crippen LogP contribution in [-0.4, -0.2) is 11.6 Å². The average molecular weight is 518 g/mol. The van der Waals surface area contributed by atoms with E-state index in [0.29, 0.717) is 46.5 Å². The fourth-order valence-corrected chi connectivity index (χ4v) is 4.19. The van der Waals surface area contributed by atoms with Gasteiger partial charge in [0.1, 0.15) is 28.8 Å². The van der Waals surface area contributed by atoms with Gasteiger partial charge in [-0.3, -0.25) is 4.98 Å². The second-order valence-corrected chi connectivity index (χ2v) is 8.84. The van der Waals surface area contributed by atoms with Gasteiger partial charge in [0.25, 0.3) is 0 Å². The molecule has 0 atom stereocenters. The number of hydrogen-bond donors (Lipinski definition) is 0. The van der Waals surface area contributed by atoms with Crippen LogP contribution in [0.4, 0.5) is 26.3 Å². The van der Waals surface area contributed by atoms with Crippen LogP contribution < -0.4 is 4.74 Å². The van der Waals surface area contributed by atoms with Crippen molar-refractivity contribution in [2.75, 3.05) is 6.61 Å². The van der Waals surface area contributed by atoms with Crippen LogP contribution in [-0.2, 0) is 19.0 Å². The molecule has 1 aromatic heterocycles. The Bertz CT molecular complexity index is 1360. The molecule has 0 unspecified atom stereocenters. The maximum Gasteiger partial charge on any atom is 0.422 e. The number of ether oxygens (including phenoxy) is 1. The summed E-state index contributed by atoms with van der Waals surface area (Å²) < 4.78 is 86.9. The molecule has 1 heterocycles. The molecule has 37 heavy (non-hydrogen) atoms. The number of alkyl halides is 3. The van der Waals surface area contributed by atoms with Crippen molar-refractivity contribution in [2.24, 2.45) is 0 Å². The predicted molar refractivity (Wildman–Crippen MR) is 131 cm³/mol. The van der Waals surface area contributed by atoms with E-state index in [0.717, 1.165) is 24.8 Å². The highest BCUT2D eigenvalue weighted by Crippen LogP contribution is 2.34. The summed E-state index contributed by atoms with van der Waals surface area (Å²) in [6.07, 6.45) is -0.235. The van der Waals surface area contributed by atoms with Crippen molar-refractivity contribution in [2.45, 2.75) is 45.2 Å². The molecule has 8 heteroatoms. The minimum absolute atomic E-state index is 0.0155. The van der Waals surface area contributed by atoms with Gasteiger partial charge < -0.3 is 4.74 Å². The van der Waals surface area contributed by atoms with Gasteiger partial charge in [-0.2, -0.15) is 13.2 Å². The second-order valence-electron chi connectivity index (χ2n) is 8.84. The number of aromatic nitrogens is 1. The Kier molecular flexibility index (Phi) is 8.05. The van der Waals surface area contributed by atoms with Gasteiger partial charge in [-0.05, 0) is 66.1 Å². The SMILES string of the molecule is CCCCCOc1ccc(-c2ccc3c(F)c(CCc4cc(F)c(C(F)(F)F)c(F)c4)ccc3c2)nc1. The lowest BCUT2D eigenvalue weighted by molar-refractivity contribution is -0.142. The molecule has 0 amide bonds. The highest BCUT2D eigenvalue weighted by atomic mass is 19.4. The maximum atomic E-state index is 15.2. The molecular weight excluding hydrogens is 492 g/mol. The summed E-state index contributed by atoms with van der Waals surface area (Å²) in [5.74, 6) is -3.16. The Balaban J connectivity index is 1.48. The van der Waals surface area contributed by atoms with Crippen LogP contribution in [0.2, 0.25) is 0 Å². The highest BCUT2D eigenvalue weighted by molar-refractivity contribution is 5.88. The number of halogens is 6. The minimum Gasteiger partial charge on any atom is -0.492 e. The van der Waals surface area contributed by atoms with E-state index in [1.165, 1.54) is 0 Å². The van der Waals surface area contributed by atoms with E-state index in [4.69, 9.17) is 4.74 Å². The summed E-state index contributed by atoms with van der Waals surface area (Å²) >= 11 is 0. The highest BCUT2D eigenvalue weighted by Gasteiger charge is 2.37. The Morgan fingerprint density at radius 3 is 2.24 bits per heavy atom. The Hall–Kier alpha value is -3.55. The van der Waals surface area contributed by atoms with Gasteiger partial charge in [0.05, 0.1) is 18.5 Å². The summed E-state index contributed by atoms with van der Waals surface area (Å²) in [4.78, 5) is 4.44. The van der Waals surface area contributed by atoms with Crippen molar-refractivity contribution in [3.8, 4) is 17.0 Å². The molecule has 0 bridgehead atoms. The molecule has 0 radical (unpaired) electrons. The molecule has 0 saturated heterocycles. The van der Waals surface area contributed by atoms with E-state index in [1.807, 2.05) is 18.2 Å². The smallest absolute Gasteiger partial charge is 0.422 e. The van der Waals surface area contributed by atoms with Crippen molar-refractivity contribution in [3.63, 3.8) is 0 Å². The zero-order valence-corrected chi connectivity index (χ0v) is 20.1. The Morgan fingerprint density at radius 1 is 0.838 bits per heavy atom. The lowest BCUT2D eigenvalue weighted by atomic mass is 9.97. The van der Waals surface area contributed by atoms with E-state index in [9.17, 15) is 22.0 Å². The zero-order valence-electron chi connectivity index (χ0n) is 20.1. The quantitative estimate of drug-likeness (QED) is 0.164. The second kappa shape index (κ2) is 11.2. The molecule has 0 fully saturated rings. The standard InChI is InChI=1S/C29H25F6NO/c1-2-3-4-13-37-22-10-12-26(36-17-22)21-9-11-23-20(16-21)8-7-19(28(23)32)6-5-18-14-24(30)27(25(31)15-18)29(33,34)35/h7-12,14-17H,2-6,13H2,1H3. The third-order valence-electron chi connectivity index (χ3n) is 6.15. The van der Waals surface area contributed by atoms with E-state index in [2.05, 4.69) is 11.9 Å². The first kappa shape index (κ1) is 26.5. The molecule has 3 aromatic carbocycles. The third-order valence-corrected chi connectivity index (χ3v) is 6.15. The summed E-state index contributed by atoms with van der Waals surface area (Å²) in [7, 11) is 0. The molecular formula is C29H25F6NO. The van der Waals surface area contributed by atoms with E-state index in [1.54, 1.807) is 30.5 Å². The number of fused-ring (bicyclic) bond motifs is 1. The largest absolute Gasteiger partial charge is 0.492 e. The van der Waals surface area contributed by atoms with E-state index < -0.39 is 29.2 Å². The van der Waals surface area contributed by atoms with Gasteiger partial charge in [-0.15, -0.1) is 0 Å². The van der Waals surface area contributed by atoms with Crippen LogP contribution in [0.3, 0.4) is 0 Å². The van der Waals surface area contributed by atoms with Gasteiger partial charge in [0.15, 0.2) is 0 Å². The summed E-state index contributed by atoms with van der Waals surface area (Å²) in [6, 6.07) is 13.5. The fourth-order valence-electron chi connectivity index (χ4n) is 4.19. The Labute approximate surface area is 210 Å². The van der Waals surface area contributed by atoms with Crippen molar-refractivity contribution in [1.82, 2.24) is 4.98 Å². The molecule has 0 aliphatic heterocycles. The lowest BCUT2D eigenvalue weighted by Gasteiger charge is -2.12. The normalized spacial score (nSPS) is 11.8. The number of hydrogen-bond acceptors (Lipinski definition) is 2. The number of pyridine rings is 1. The number of nitrogens with zero attached hydrogens (tertiary/aromatic N) is 1. The molecule has 0 saturated carbocycles. The molecule has 4 rings (SSSR count). The molecule has 2 nitrogen and oxygen atoms in total. The summed E-state index contributed by atoms with van der Waals surface area (Å²) in [5, 5.41) is 1.01. The van der Waals surface area contributed by atoms with Gasteiger partial charge >= 0.3 is 6.18 Å². The van der Waals surface area contributed by atoms with Crippen LogP contribution in [0.15, 0.2) is 60.8 Å². The van der Waals surface area contributed by atoms with Crippen molar-refractivity contribution < 1.29 is 31.1 Å². The van der Waals surface area contributed by atoms with Crippen LogP contribution in [0.5, 0.6) is 5.75 Å². The molecule has 0 aliphatic carbocycles. The molecule has 0 spiro atoms. The van der Waals surface area contributed by atoms with E-state index >= 15 is 4.39 Å². The zero-order chi connectivity index (χ0) is 26.6. The lowest BCUT2D eigenvalue weighted by Crippen LogP contribution is -2.12. The summed E-state index contributed by atoms with van der Waals surface area (Å²) in [6.45, 7) is 2.76. The first-order chi connectivity index (χ1) is 17.7. The average Bonchev–Trinajstić information content (AvgIpc) is 2.85. The number of rotatable bonds is 9. The number of unbranched alkanes of at least 4 members (excludes halogenated alkanes) is 2. The van der Waals surface area contributed by atoms with Crippen molar-refractivity contribution in [1.29, 1.82) is 0 Å². The van der Waals surface area contributed by atoms with E-state index in [-0.39, 0.29) is 18.4 Å². The van der Waals surface area contributed by atoms with Gasteiger partial charge in [-0.1, -0.05) is 44.0 Å².